The van der Waals surface area contributed by atoms with Gasteiger partial charge in [0.15, 0.2) is 0 Å². The maximum Gasteiger partial charge on any atom is 0.339 e. The fraction of sp³-hybridized carbons (Fsp3) is 0.250. The maximum atomic E-state index is 11.5. The predicted molar refractivity (Wildman–Crippen MR) is 83.1 cm³/mol. The largest absolute Gasteiger partial charge is 0.462 e. The Morgan fingerprint density at radius 3 is 2.81 bits per heavy atom. The zero-order chi connectivity index (χ0) is 15.2. The summed E-state index contributed by atoms with van der Waals surface area (Å²) in [4.78, 5) is 15.7. The standard InChI is InChI=1S/C16H19N3O2/c1-3-21-16(20)13-7-8-15(19-10-13)18-9-12-5-4-6-14(17)11(12)2/h4-8,10H,3,9,17H2,1-2H3,(H,18,19). The normalized spacial score (nSPS) is 10.2. The molecule has 0 atom stereocenters. The molecule has 1 aromatic heterocycles. The summed E-state index contributed by atoms with van der Waals surface area (Å²) >= 11 is 0. The number of hydrogen-bond donors (Lipinski definition) is 2. The second-order valence-electron chi connectivity index (χ2n) is 4.64. The van der Waals surface area contributed by atoms with E-state index in [4.69, 9.17) is 10.5 Å². The van der Waals surface area contributed by atoms with Crippen LogP contribution < -0.4 is 11.1 Å². The molecular formula is C16H19N3O2. The van der Waals surface area contributed by atoms with Gasteiger partial charge >= 0.3 is 5.97 Å². The molecule has 5 nitrogen and oxygen atoms in total. The molecule has 110 valence electrons. The number of nitrogen functional groups attached to an aromatic ring is 1. The van der Waals surface area contributed by atoms with E-state index in [2.05, 4.69) is 10.3 Å². The van der Waals surface area contributed by atoms with Crippen molar-refractivity contribution in [1.82, 2.24) is 4.98 Å². The molecule has 0 aliphatic rings. The summed E-state index contributed by atoms with van der Waals surface area (Å²) in [5, 5.41) is 3.21. The maximum absolute atomic E-state index is 11.5. The fourth-order valence-corrected chi connectivity index (χ4v) is 1.91. The average molecular weight is 285 g/mol. The molecule has 0 bridgehead atoms. The van der Waals surface area contributed by atoms with E-state index in [9.17, 15) is 4.79 Å². The topological polar surface area (TPSA) is 77.2 Å². The van der Waals surface area contributed by atoms with E-state index < -0.39 is 0 Å². The number of benzene rings is 1. The first kappa shape index (κ1) is 14.8. The first-order valence-electron chi connectivity index (χ1n) is 6.82. The van der Waals surface area contributed by atoms with Crippen molar-refractivity contribution in [3.8, 4) is 0 Å². The summed E-state index contributed by atoms with van der Waals surface area (Å²) < 4.78 is 4.91. The van der Waals surface area contributed by atoms with Gasteiger partial charge in [-0.25, -0.2) is 9.78 Å². The zero-order valence-corrected chi connectivity index (χ0v) is 12.2. The van der Waals surface area contributed by atoms with Crippen LogP contribution in [0, 0.1) is 6.92 Å². The van der Waals surface area contributed by atoms with Crippen molar-refractivity contribution in [1.29, 1.82) is 0 Å². The van der Waals surface area contributed by atoms with Gasteiger partial charge in [-0.2, -0.15) is 0 Å². The fourth-order valence-electron chi connectivity index (χ4n) is 1.91. The van der Waals surface area contributed by atoms with E-state index in [0.29, 0.717) is 24.5 Å². The Balaban J connectivity index is 2.01. The van der Waals surface area contributed by atoms with Gasteiger partial charge in [-0.1, -0.05) is 12.1 Å². The lowest BCUT2D eigenvalue weighted by atomic mass is 10.1. The Kier molecular flexibility index (Phi) is 4.77. The number of nitrogens with zero attached hydrogens (tertiary/aromatic N) is 1. The third kappa shape index (κ3) is 3.72. The van der Waals surface area contributed by atoms with Gasteiger partial charge in [0.25, 0.3) is 0 Å². The molecule has 2 aromatic rings. The summed E-state index contributed by atoms with van der Waals surface area (Å²) in [6.45, 7) is 4.74. The number of anilines is 2. The van der Waals surface area contributed by atoms with Gasteiger partial charge in [0.05, 0.1) is 12.2 Å². The van der Waals surface area contributed by atoms with Gasteiger partial charge in [-0.15, -0.1) is 0 Å². The molecule has 0 unspecified atom stereocenters. The molecule has 1 heterocycles. The van der Waals surface area contributed by atoms with Crippen LogP contribution in [0.1, 0.15) is 28.4 Å². The van der Waals surface area contributed by atoms with Crippen LogP contribution in [0.3, 0.4) is 0 Å². The number of ether oxygens (including phenoxy) is 1. The number of carbonyl (C=O) groups excluding carboxylic acids is 1. The molecule has 0 spiro atoms. The van der Waals surface area contributed by atoms with Gasteiger partial charge in [0.1, 0.15) is 5.82 Å². The molecule has 3 N–H and O–H groups in total. The van der Waals surface area contributed by atoms with E-state index in [-0.39, 0.29) is 5.97 Å². The van der Waals surface area contributed by atoms with Gasteiger partial charge in [-0.3, -0.25) is 0 Å². The van der Waals surface area contributed by atoms with Crippen molar-refractivity contribution in [2.24, 2.45) is 0 Å². The molecule has 1 aromatic carbocycles. The first-order chi connectivity index (χ1) is 10.1. The SMILES string of the molecule is CCOC(=O)c1ccc(NCc2cccc(N)c2C)nc1. The summed E-state index contributed by atoms with van der Waals surface area (Å²) in [7, 11) is 0. The smallest absolute Gasteiger partial charge is 0.339 e. The Morgan fingerprint density at radius 1 is 1.33 bits per heavy atom. The van der Waals surface area contributed by atoms with E-state index in [1.165, 1.54) is 6.20 Å². The average Bonchev–Trinajstić information content (AvgIpc) is 2.49. The van der Waals surface area contributed by atoms with Gasteiger partial charge in [-0.05, 0) is 43.2 Å². The van der Waals surface area contributed by atoms with Crippen molar-refractivity contribution >= 4 is 17.5 Å². The van der Waals surface area contributed by atoms with Crippen LogP contribution in [0.2, 0.25) is 0 Å². The van der Waals surface area contributed by atoms with Crippen LogP contribution in [0.5, 0.6) is 0 Å². The van der Waals surface area contributed by atoms with Crippen LogP contribution in [0.25, 0.3) is 0 Å². The summed E-state index contributed by atoms with van der Waals surface area (Å²) in [6.07, 6.45) is 1.51. The minimum Gasteiger partial charge on any atom is -0.462 e. The second-order valence-corrected chi connectivity index (χ2v) is 4.64. The minimum absolute atomic E-state index is 0.355. The lowest BCUT2D eigenvalue weighted by molar-refractivity contribution is 0.0526. The molecule has 0 aliphatic carbocycles. The molecule has 21 heavy (non-hydrogen) atoms. The summed E-state index contributed by atoms with van der Waals surface area (Å²) in [6, 6.07) is 9.28. The predicted octanol–water partition coefficient (Wildman–Crippen LogP) is 2.76. The molecule has 0 saturated carbocycles. The third-order valence-electron chi connectivity index (χ3n) is 3.22. The van der Waals surface area contributed by atoms with Crippen molar-refractivity contribution in [3.63, 3.8) is 0 Å². The highest BCUT2D eigenvalue weighted by Crippen LogP contribution is 2.16. The Labute approximate surface area is 124 Å². The Morgan fingerprint density at radius 2 is 2.14 bits per heavy atom. The van der Waals surface area contributed by atoms with Crippen LogP contribution in [0.4, 0.5) is 11.5 Å². The lowest BCUT2D eigenvalue weighted by Gasteiger charge is -2.10. The third-order valence-corrected chi connectivity index (χ3v) is 3.22. The van der Waals surface area contributed by atoms with Crippen LogP contribution in [0.15, 0.2) is 36.5 Å². The second kappa shape index (κ2) is 6.74. The highest BCUT2D eigenvalue weighted by molar-refractivity contribution is 5.89. The highest BCUT2D eigenvalue weighted by atomic mass is 16.5. The molecule has 2 rings (SSSR count). The van der Waals surface area contributed by atoms with E-state index >= 15 is 0 Å². The molecular weight excluding hydrogens is 266 g/mol. The van der Waals surface area contributed by atoms with Crippen molar-refractivity contribution in [3.05, 3.63) is 53.2 Å². The van der Waals surface area contributed by atoms with E-state index in [0.717, 1.165) is 16.8 Å². The molecule has 0 aliphatic heterocycles. The number of aromatic nitrogens is 1. The van der Waals surface area contributed by atoms with Crippen molar-refractivity contribution < 1.29 is 9.53 Å². The highest BCUT2D eigenvalue weighted by Gasteiger charge is 2.07. The minimum atomic E-state index is -0.358. The number of pyridine rings is 1. The zero-order valence-electron chi connectivity index (χ0n) is 12.2. The number of carbonyl (C=O) groups is 1. The first-order valence-corrected chi connectivity index (χ1v) is 6.82. The van der Waals surface area contributed by atoms with E-state index in [1.807, 2.05) is 25.1 Å². The molecule has 0 saturated heterocycles. The molecule has 5 heteroatoms. The Hall–Kier alpha value is -2.56. The molecule has 0 amide bonds. The van der Waals surface area contributed by atoms with Gasteiger partial charge in [0, 0.05) is 18.4 Å². The number of nitrogens with one attached hydrogen (secondary N) is 1. The number of nitrogens with two attached hydrogens (primary N) is 1. The van der Waals surface area contributed by atoms with E-state index in [1.54, 1.807) is 19.1 Å². The van der Waals surface area contributed by atoms with Gasteiger partial charge in [0.2, 0.25) is 0 Å². The number of esters is 1. The van der Waals surface area contributed by atoms with Crippen LogP contribution in [-0.2, 0) is 11.3 Å². The summed E-state index contributed by atoms with van der Waals surface area (Å²) in [5.74, 6) is 0.341. The quantitative estimate of drug-likeness (QED) is 0.652. The number of rotatable bonds is 5. The molecule has 0 radical (unpaired) electrons. The van der Waals surface area contributed by atoms with Crippen LogP contribution in [-0.4, -0.2) is 17.6 Å². The van der Waals surface area contributed by atoms with Crippen LogP contribution >= 0.6 is 0 Å². The van der Waals surface area contributed by atoms with Crippen molar-refractivity contribution in [2.75, 3.05) is 17.7 Å². The van der Waals surface area contributed by atoms with Crippen molar-refractivity contribution in [2.45, 2.75) is 20.4 Å². The lowest BCUT2D eigenvalue weighted by Crippen LogP contribution is -2.07. The molecule has 0 fully saturated rings. The summed E-state index contributed by atoms with van der Waals surface area (Å²) in [5.41, 5.74) is 9.28. The number of hydrogen-bond acceptors (Lipinski definition) is 5. The van der Waals surface area contributed by atoms with Gasteiger partial charge < -0.3 is 15.8 Å². The Bertz CT molecular complexity index is 624. The monoisotopic (exact) mass is 285 g/mol.